The van der Waals surface area contributed by atoms with E-state index in [1.807, 2.05) is 0 Å². The van der Waals surface area contributed by atoms with E-state index in [0.717, 1.165) is 128 Å². The van der Waals surface area contributed by atoms with E-state index in [0.29, 0.717) is 25.7 Å². The minimum Gasteiger partial charge on any atom is -0.462 e. The Balaban J connectivity index is 4.49. The van der Waals surface area contributed by atoms with Crippen molar-refractivity contribution in [3.05, 3.63) is 146 Å². The Morgan fingerprint density at radius 3 is 0.823 bits per heavy atom. The highest BCUT2D eigenvalue weighted by atomic mass is 16.6. The molecule has 0 aromatic rings. The second-order valence-corrected chi connectivity index (χ2v) is 20.9. The molecule has 0 fully saturated rings. The van der Waals surface area contributed by atoms with Gasteiger partial charge in [-0.15, -0.1) is 0 Å². The molecule has 0 saturated heterocycles. The molecule has 0 aliphatic carbocycles. The van der Waals surface area contributed by atoms with Gasteiger partial charge >= 0.3 is 17.9 Å². The van der Waals surface area contributed by atoms with Gasteiger partial charge in [0.15, 0.2) is 6.10 Å². The third-order valence-corrected chi connectivity index (χ3v) is 13.3. The first-order valence-corrected chi connectivity index (χ1v) is 32.3. The van der Waals surface area contributed by atoms with Crippen molar-refractivity contribution < 1.29 is 28.6 Å². The summed E-state index contributed by atoms with van der Waals surface area (Å²) >= 11 is 0. The molecule has 6 heteroatoms. The summed E-state index contributed by atoms with van der Waals surface area (Å²) in [5.41, 5.74) is 0. The third-order valence-electron chi connectivity index (χ3n) is 13.3. The number of hydrogen-bond donors (Lipinski definition) is 0. The lowest BCUT2D eigenvalue weighted by atomic mass is 10.1. The van der Waals surface area contributed by atoms with Crippen LogP contribution in [0.25, 0.3) is 0 Å². The van der Waals surface area contributed by atoms with Crippen molar-refractivity contribution in [2.24, 2.45) is 0 Å². The molecule has 1 unspecified atom stereocenters. The maximum Gasteiger partial charge on any atom is 0.306 e. The van der Waals surface area contributed by atoms with E-state index in [1.165, 1.54) is 103 Å². The topological polar surface area (TPSA) is 78.9 Å². The molecule has 0 rings (SSSR count). The van der Waals surface area contributed by atoms with Gasteiger partial charge in [0.05, 0.1) is 0 Å². The molecule has 0 N–H and O–H groups in total. The summed E-state index contributed by atoms with van der Waals surface area (Å²) in [6.07, 6.45) is 94.3. The summed E-state index contributed by atoms with van der Waals surface area (Å²) in [4.78, 5) is 38.3. The Bertz CT molecular complexity index is 1730. The van der Waals surface area contributed by atoms with Gasteiger partial charge in [-0.1, -0.05) is 263 Å². The number of unbranched alkanes of at least 4 members (excludes halogenated alkanes) is 22. The van der Waals surface area contributed by atoms with Crippen LogP contribution in [0, 0.1) is 0 Å². The first-order valence-electron chi connectivity index (χ1n) is 32.3. The molecule has 0 spiro atoms. The molecule has 0 aromatic carbocycles. The lowest BCUT2D eigenvalue weighted by Gasteiger charge is -2.18. The lowest BCUT2D eigenvalue weighted by molar-refractivity contribution is -0.167. The van der Waals surface area contributed by atoms with Crippen LogP contribution in [0.5, 0.6) is 0 Å². The zero-order chi connectivity index (χ0) is 57.1. The summed E-state index contributed by atoms with van der Waals surface area (Å²) in [7, 11) is 0. The molecular formula is C73H118O6. The Kier molecular flexibility index (Phi) is 61.9. The van der Waals surface area contributed by atoms with Gasteiger partial charge in [0, 0.05) is 19.3 Å². The lowest BCUT2D eigenvalue weighted by Crippen LogP contribution is -2.30. The van der Waals surface area contributed by atoms with Gasteiger partial charge in [0.1, 0.15) is 13.2 Å². The van der Waals surface area contributed by atoms with Crippen LogP contribution in [-0.4, -0.2) is 37.2 Å². The van der Waals surface area contributed by atoms with E-state index in [-0.39, 0.29) is 31.1 Å². The van der Waals surface area contributed by atoms with Crippen molar-refractivity contribution in [2.75, 3.05) is 13.2 Å². The third kappa shape index (κ3) is 64.0. The Labute approximate surface area is 487 Å². The van der Waals surface area contributed by atoms with Crippen molar-refractivity contribution in [2.45, 2.75) is 284 Å². The predicted octanol–water partition coefficient (Wildman–Crippen LogP) is 22.3. The van der Waals surface area contributed by atoms with Gasteiger partial charge in [-0.2, -0.15) is 0 Å². The molecule has 0 saturated carbocycles. The van der Waals surface area contributed by atoms with Gasteiger partial charge in [-0.25, -0.2) is 0 Å². The molecule has 0 radical (unpaired) electrons. The van der Waals surface area contributed by atoms with Crippen molar-refractivity contribution in [3.8, 4) is 0 Å². The molecule has 79 heavy (non-hydrogen) atoms. The van der Waals surface area contributed by atoms with Crippen molar-refractivity contribution >= 4 is 17.9 Å². The average molecular weight is 1090 g/mol. The standard InChI is InChI=1S/C73H118O6/c1-4-7-10-13-16-19-22-25-28-30-32-34-35-36-37-39-40-42-45-48-51-54-57-60-63-66-72(75)78-69-70(68-77-71(74)65-62-59-56-53-50-47-44-27-24-21-18-15-12-9-6-3)79-73(76)67-64-61-58-55-52-49-46-43-41-38-33-31-29-26-23-20-17-14-11-8-5-2/h7,9-10,12,16,18-19,21,25,27-28,31-34,36-37,40,42,44,48,50-51,53,70H,4-6,8,11,13-15,17,20,22-24,26,29-30,35,38-39,41,43,45-47,49,52,54-69H2,1-3H3/b10-7-,12-9-,19-16-,21-18-,28-25-,33-31-,34-32-,37-36-,42-40-,44-27-,51-48-,53-50-. The average Bonchev–Trinajstić information content (AvgIpc) is 3.45. The molecule has 446 valence electrons. The smallest absolute Gasteiger partial charge is 0.306 e. The fraction of sp³-hybridized carbons (Fsp3) is 0.630. The van der Waals surface area contributed by atoms with Crippen LogP contribution >= 0.6 is 0 Å². The Morgan fingerprint density at radius 1 is 0.266 bits per heavy atom. The molecule has 0 aliphatic rings. The molecule has 1 atom stereocenters. The van der Waals surface area contributed by atoms with E-state index < -0.39 is 6.10 Å². The number of ether oxygens (including phenoxy) is 3. The van der Waals surface area contributed by atoms with Crippen LogP contribution in [0.2, 0.25) is 0 Å². The fourth-order valence-electron chi connectivity index (χ4n) is 8.53. The van der Waals surface area contributed by atoms with E-state index in [2.05, 4.69) is 167 Å². The molecule has 0 bridgehead atoms. The fourth-order valence-corrected chi connectivity index (χ4v) is 8.53. The summed E-state index contributed by atoms with van der Waals surface area (Å²) in [6, 6.07) is 0. The van der Waals surface area contributed by atoms with Gasteiger partial charge < -0.3 is 14.2 Å². The van der Waals surface area contributed by atoms with Crippen molar-refractivity contribution in [1.29, 1.82) is 0 Å². The van der Waals surface area contributed by atoms with Crippen molar-refractivity contribution in [1.82, 2.24) is 0 Å². The van der Waals surface area contributed by atoms with Crippen molar-refractivity contribution in [3.63, 3.8) is 0 Å². The Hall–Kier alpha value is -4.71. The SMILES string of the molecule is CC/C=C\C/C=C\C/C=C\C/C=C\C/C=C\C/C=C\C/C=C\CCCCCC(=O)OCC(COC(=O)CCCC/C=C\C/C=C\C/C=C\C/C=C\CC)OC(=O)CCCCCCCCCCC/C=C\CCCCCCCCCC. The summed E-state index contributed by atoms with van der Waals surface area (Å²) in [5.74, 6) is -0.988. The molecule has 0 amide bonds. The zero-order valence-corrected chi connectivity index (χ0v) is 51.1. The first-order chi connectivity index (χ1) is 39.0. The monoisotopic (exact) mass is 1090 g/mol. The number of esters is 3. The minimum absolute atomic E-state index is 0.114. The molecule has 0 heterocycles. The van der Waals surface area contributed by atoms with E-state index in [9.17, 15) is 14.4 Å². The maximum absolute atomic E-state index is 12.9. The quantitative estimate of drug-likeness (QED) is 0.0261. The highest BCUT2D eigenvalue weighted by Crippen LogP contribution is 2.15. The van der Waals surface area contributed by atoms with Gasteiger partial charge in [0.25, 0.3) is 0 Å². The first kappa shape index (κ1) is 74.3. The number of carbonyl (C=O) groups is 3. The summed E-state index contributed by atoms with van der Waals surface area (Å²) < 4.78 is 16.9. The molecular weight excluding hydrogens is 973 g/mol. The van der Waals surface area contributed by atoms with E-state index >= 15 is 0 Å². The van der Waals surface area contributed by atoms with Crippen LogP contribution in [0.1, 0.15) is 278 Å². The highest BCUT2D eigenvalue weighted by Gasteiger charge is 2.19. The molecule has 0 aromatic heterocycles. The molecule has 6 nitrogen and oxygen atoms in total. The second-order valence-electron chi connectivity index (χ2n) is 20.9. The summed E-state index contributed by atoms with van der Waals surface area (Å²) in [5, 5.41) is 0. The van der Waals surface area contributed by atoms with Crippen LogP contribution in [-0.2, 0) is 28.6 Å². The number of carbonyl (C=O) groups excluding carboxylic acids is 3. The van der Waals surface area contributed by atoms with E-state index in [1.54, 1.807) is 0 Å². The van der Waals surface area contributed by atoms with Crippen LogP contribution < -0.4 is 0 Å². The highest BCUT2D eigenvalue weighted by molar-refractivity contribution is 5.71. The van der Waals surface area contributed by atoms with Crippen LogP contribution in [0.4, 0.5) is 0 Å². The number of allylic oxidation sites excluding steroid dienone is 24. The zero-order valence-electron chi connectivity index (χ0n) is 51.1. The predicted molar refractivity (Wildman–Crippen MR) is 343 cm³/mol. The Morgan fingerprint density at radius 2 is 0.494 bits per heavy atom. The van der Waals surface area contributed by atoms with Gasteiger partial charge in [0.2, 0.25) is 0 Å². The van der Waals surface area contributed by atoms with E-state index in [4.69, 9.17) is 14.2 Å². The largest absolute Gasteiger partial charge is 0.462 e. The normalized spacial score (nSPS) is 13.1. The van der Waals surface area contributed by atoms with Crippen LogP contribution in [0.15, 0.2) is 146 Å². The van der Waals surface area contributed by atoms with Gasteiger partial charge in [-0.3, -0.25) is 14.4 Å². The van der Waals surface area contributed by atoms with Crippen LogP contribution in [0.3, 0.4) is 0 Å². The number of hydrogen-bond acceptors (Lipinski definition) is 6. The maximum atomic E-state index is 12.9. The number of rotatable bonds is 57. The minimum atomic E-state index is -0.818. The summed E-state index contributed by atoms with van der Waals surface area (Å²) in [6.45, 7) is 6.35. The van der Waals surface area contributed by atoms with Gasteiger partial charge in [-0.05, 0) is 141 Å². The molecule has 0 aliphatic heterocycles. The second kappa shape index (κ2) is 65.8.